The number of rotatable bonds is 32. The van der Waals surface area contributed by atoms with Gasteiger partial charge in [0.25, 0.3) is 0 Å². The molecule has 0 bridgehead atoms. The summed E-state index contributed by atoms with van der Waals surface area (Å²) >= 11 is 3.87. The lowest BCUT2D eigenvalue weighted by Crippen LogP contribution is -2.26. The molecule has 3 heterocycles. The molecule has 2 aliphatic rings. The molecule has 0 spiro atoms. The van der Waals surface area contributed by atoms with E-state index >= 15 is 0 Å². The number of aromatic nitrogens is 2. The zero-order valence-corrected chi connectivity index (χ0v) is 58.6. The molecule has 480 valence electrons. The van der Waals surface area contributed by atoms with Crippen molar-refractivity contribution in [1.29, 1.82) is 15.8 Å². The van der Waals surface area contributed by atoms with Crippen molar-refractivity contribution in [3.05, 3.63) is 177 Å². The topological polar surface area (TPSA) is 97.1 Å². The molecule has 94 heavy (non-hydrogen) atoms. The Hall–Kier alpha value is -7.73. The van der Waals surface area contributed by atoms with Gasteiger partial charge in [0.1, 0.15) is 0 Å². The predicted octanol–water partition coefficient (Wildman–Crippen LogP) is 26.5. The normalized spacial score (nSPS) is 13.3. The van der Waals surface area contributed by atoms with E-state index in [9.17, 15) is 15.8 Å². The molecule has 0 N–H and O–H groups in total. The van der Waals surface area contributed by atoms with Crippen LogP contribution < -0.4 is 0 Å². The average Bonchev–Trinajstić information content (AvgIpc) is 1.55. The van der Waals surface area contributed by atoms with Gasteiger partial charge in [0, 0.05) is 42.1 Å². The van der Waals surface area contributed by atoms with Crippen molar-refractivity contribution in [1.82, 2.24) is 9.97 Å². The molecule has 10 aromatic rings. The Balaban J connectivity index is 1.01. The minimum absolute atomic E-state index is 0.150. The molecule has 0 unspecified atom stereocenters. The van der Waals surface area contributed by atoms with E-state index in [-0.39, 0.29) is 27.5 Å². The van der Waals surface area contributed by atoms with E-state index in [0.29, 0.717) is 11.4 Å². The Labute approximate surface area is 569 Å². The number of hydrogen-bond donors (Lipinski definition) is 0. The van der Waals surface area contributed by atoms with Gasteiger partial charge in [-0.25, -0.2) is 9.97 Å². The number of thiophene rings is 2. The van der Waals surface area contributed by atoms with E-state index in [4.69, 9.17) is 9.97 Å². The lowest BCUT2D eigenvalue weighted by molar-refractivity contribution is 0.398. The van der Waals surface area contributed by atoms with Gasteiger partial charge in [-0.1, -0.05) is 266 Å². The van der Waals surface area contributed by atoms with Crippen molar-refractivity contribution in [2.24, 2.45) is 0 Å². The van der Waals surface area contributed by atoms with Crippen LogP contribution >= 0.6 is 22.7 Å². The van der Waals surface area contributed by atoms with E-state index in [1.807, 2.05) is 22.7 Å². The van der Waals surface area contributed by atoms with Crippen molar-refractivity contribution in [3.63, 3.8) is 0 Å². The van der Waals surface area contributed by atoms with E-state index in [1.54, 1.807) is 12.1 Å². The summed E-state index contributed by atoms with van der Waals surface area (Å²) in [6.45, 7) is 13.7. The second kappa shape index (κ2) is 30.3. The Kier molecular flexibility index (Phi) is 21.4. The minimum Gasteiger partial charge on any atom is -0.228 e. The molecule has 0 aliphatic heterocycles. The zero-order valence-electron chi connectivity index (χ0n) is 57.0. The molecule has 7 aromatic carbocycles. The molecule has 0 atom stereocenters. The molecule has 0 amide bonds. The van der Waals surface area contributed by atoms with Gasteiger partial charge in [0.2, 0.25) is 0 Å². The smallest absolute Gasteiger partial charge is 0.163 e. The Morgan fingerprint density at radius 2 is 0.702 bits per heavy atom. The van der Waals surface area contributed by atoms with E-state index in [1.165, 1.54) is 238 Å². The number of fused-ring (bicyclic) bond motifs is 11. The quantitative estimate of drug-likeness (QED) is 0.0391. The second-order valence-electron chi connectivity index (χ2n) is 27.9. The molecule has 3 aromatic heterocycles. The van der Waals surface area contributed by atoms with Gasteiger partial charge in [-0.2, -0.15) is 15.8 Å². The predicted molar refractivity (Wildman–Crippen MR) is 400 cm³/mol. The fraction of sp³-hybridized carbons (Fsp3) is 0.414. The summed E-state index contributed by atoms with van der Waals surface area (Å²) in [5, 5.41) is 34.7. The molecular weight excluding hydrogens is 1180 g/mol. The van der Waals surface area contributed by atoms with Gasteiger partial charge in [0.15, 0.2) is 5.82 Å². The first kappa shape index (κ1) is 66.3. The number of hydrogen-bond acceptors (Lipinski definition) is 7. The summed E-state index contributed by atoms with van der Waals surface area (Å²) < 4.78 is 5.50. The first-order valence-corrected chi connectivity index (χ1v) is 37.9. The van der Waals surface area contributed by atoms with Gasteiger partial charge in [-0.15, -0.1) is 22.7 Å². The summed E-state index contributed by atoms with van der Waals surface area (Å²) in [7, 11) is 0. The highest BCUT2D eigenvalue weighted by molar-refractivity contribution is 7.36. The Bertz CT molecular complexity index is 4430. The third-order valence-electron chi connectivity index (χ3n) is 21.3. The summed E-state index contributed by atoms with van der Waals surface area (Å²) in [5.74, 6) is 0.319. The first-order valence-electron chi connectivity index (χ1n) is 36.3. The third-order valence-corrected chi connectivity index (χ3v) is 23.8. The van der Waals surface area contributed by atoms with Crippen molar-refractivity contribution in [2.75, 3.05) is 0 Å². The Morgan fingerprint density at radius 1 is 0.351 bits per heavy atom. The third kappa shape index (κ3) is 13.5. The molecule has 2 aliphatic carbocycles. The highest BCUT2D eigenvalue weighted by Crippen LogP contribution is 2.58. The molecule has 0 saturated carbocycles. The maximum atomic E-state index is 10.9. The second-order valence-corrected chi connectivity index (χ2v) is 30.0. The van der Waals surface area contributed by atoms with Crippen LogP contribution in [0.25, 0.3) is 96.9 Å². The van der Waals surface area contributed by atoms with Gasteiger partial charge in [-0.3, -0.25) is 0 Å². The Morgan fingerprint density at radius 3 is 1.15 bits per heavy atom. The summed E-state index contributed by atoms with van der Waals surface area (Å²) in [5.41, 5.74) is 20.3. The summed E-state index contributed by atoms with van der Waals surface area (Å²) in [6.07, 6.45) is 34.1. The van der Waals surface area contributed by atoms with Crippen molar-refractivity contribution >= 4 is 52.2 Å². The minimum atomic E-state index is -0.241. The van der Waals surface area contributed by atoms with Gasteiger partial charge in [-0.05, 0) is 149 Å². The van der Waals surface area contributed by atoms with Crippen LogP contribution in [0.2, 0.25) is 0 Å². The fourth-order valence-corrected chi connectivity index (χ4v) is 19.1. The van der Waals surface area contributed by atoms with Crippen molar-refractivity contribution in [2.45, 2.75) is 232 Å². The number of aryl methyl sites for hydroxylation is 2. The van der Waals surface area contributed by atoms with Crippen LogP contribution in [-0.2, 0) is 10.8 Å². The van der Waals surface area contributed by atoms with Gasteiger partial charge in [0.05, 0.1) is 61.2 Å². The molecule has 5 nitrogen and oxygen atoms in total. The van der Waals surface area contributed by atoms with Gasteiger partial charge < -0.3 is 0 Å². The highest BCUT2D eigenvalue weighted by atomic mass is 32.1. The lowest BCUT2D eigenvalue weighted by atomic mass is 9.70. The molecule has 0 saturated heterocycles. The zero-order chi connectivity index (χ0) is 65.2. The van der Waals surface area contributed by atoms with Crippen LogP contribution in [0.15, 0.2) is 127 Å². The number of nitrogens with zero attached hydrogens (tertiary/aromatic N) is 5. The average molecular weight is 1270 g/mol. The van der Waals surface area contributed by atoms with Crippen LogP contribution in [0.4, 0.5) is 0 Å². The molecular formula is C87H95N5S2. The van der Waals surface area contributed by atoms with Crippen LogP contribution in [-0.4, -0.2) is 9.97 Å². The van der Waals surface area contributed by atoms with Gasteiger partial charge >= 0.3 is 0 Å². The molecule has 12 rings (SSSR count). The summed E-state index contributed by atoms with van der Waals surface area (Å²) in [4.78, 5) is 11.0. The van der Waals surface area contributed by atoms with Crippen molar-refractivity contribution in [3.8, 4) is 85.5 Å². The maximum Gasteiger partial charge on any atom is 0.163 e. The molecule has 0 fully saturated rings. The van der Waals surface area contributed by atoms with Crippen LogP contribution in [0.3, 0.4) is 0 Å². The van der Waals surface area contributed by atoms with E-state index in [0.717, 1.165) is 61.0 Å². The number of unbranched alkanes of at least 4 members (excludes halogenated alkanes) is 20. The monoisotopic (exact) mass is 1270 g/mol. The van der Waals surface area contributed by atoms with Crippen LogP contribution in [0.5, 0.6) is 0 Å². The standard InChI is InChI=1S/C87H95N5S2/c1-7-11-15-19-23-27-43-86(44-28-24-20-16-12-8-2)74-47-59(5)31-37-68(74)70-40-35-64(52-76(70)86)78-55-79(92-85(91-78)82-66(57-89)49-61(56-88)50-67(82)58-90)65-36-41-71-69-39-33-62(63-34-42-73-81(54-63)94-83-72-38-32-60(6)48-80(72)93-84(73)83)51-75(69)87(77(71)53-65,45-29-25-21-17-13-9-3)46-30-26-22-18-14-10-4/h31-42,47-55H,7-30,43-46H2,1-6H3. The van der Waals surface area contributed by atoms with Crippen LogP contribution in [0, 0.1) is 47.8 Å². The van der Waals surface area contributed by atoms with E-state index in [2.05, 4.69) is 175 Å². The molecule has 0 radical (unpaired) electrons. The van der Waals surface area contributed by atoms with Crippen LogP contribution in [0.1, 0.15) is 258 Å². The number of nitriles is 3. The highest BCUT2D eigenvalue weighted by Gasteiger charge is 2.44. The van der Waals surface area contributed by atoms with Crippen molar-refractivity contribution < 1.29 is 0 Å². The maximum absolute atomic E-state index is 10.9. The molecule has 7 heteroatoms. The SMILES string of the molecule is CCCCCCCCC1(CCCCCCCC)c2cc(C)ccc2-c2ccc(-c3cc(-c4ccc5c(c4)C(CCCCCCCC)(CCCCCCCC)c4cc(-c6ccc7c(c6)sc6c8ccc(C)cc8sc76)ccc4-5)nc(-c4c(C#N)cc(C#N)cc4C#N)n3)cc21. The lowest BCUT2D eigenvalue weighted by Gasteiger charge is -2.33. The summed E-state index contributed by atoms with van der Waals surface area (Å²) in [6, 6.07) is 55.2. The first-order chi connectivity index (χ1) is 46.1. The largest absolute Gasteiger partial charge is 0.228 e. The van der Waals surface area contributed by atoms with E-state index < -0.39 is 0 Å². The number of benzene rings is 7. The fourth-order valence-electron chi connectivity index (χ4n) is 16.3.